The Hall–Kier alpha value is -1.06. The fourth-order valence-corrected chi connectivity index (χ4v) is 2.02. The number of carbonyl (C=O) groups excluding carboxylic acids is 1. The minimum Gasteiger partial charge on any atom is -0.481 e. The largest absolute Gasteiger partial charge is 0.481 e. The number of unbranched alkanes of at least 4 members (excludes halogenated alkanes) is 6. The van der Waals surface area contributed by atoms with E-state index in [-0.39, 0.29) is 0 Å². The number of ether oxygens (including phenoxy) is 1. The molecule has 0 aliphatic carbocycles. The zero-order chi connectivity index (χ0) is 15.6. The van der Waals surface area contributed by atoms with E-state index < -0.39 is 23.5 Å². The predicted molar refractivity (Wildman–Crippen MR) is 79.6 cm³/mol. The Bertz CT molecular complexity index is 291. The maximum absolute atomic E-state index is 11.8. The lowest BCUT2D eigenvalue weighted by Crippen LogP contribution is -2.32. The third kappa shape index (κ3) is 9.82. The van der Waals surface area contributed by atoms with Gasteiger partial charge in [0.15, 0.2) is 5.92 Å². The van der Waals surface area contributed by atoms with Gasteiger partial charge >= 0.3 is 11.9 Å². The predicted octanol–water partition coefficient (Wildman–Crippen LogP) is 4.17. The van der Waals surface area contributed by atoms with E-state index in [1.54, 1.807) is 20.8 Å². The SMILES string of the molecule is CCCCCCCCCC(C(=O)O)C(=O)OC(C)(C)C. The molecule has 0 saturated carbocycles. The normalized spacial score (nSPS) is 13.0. The molecule has 0 aliphatic rings. The minimum atomic E-state index is -1.08. The molecule has 20 heavy (non-hydrogen) atoms. The van der Waals surface area contributed by atoms with Gasteiger partial charge < -0.3 is 9.84 Å². The minimum absolute atomic E-state index is 0.373. The molecule has 0 aromatic rings. The molecule has 0 amide bonds. The molecule has 4 heteroatoms. The molecule has 1 atom stereocenters. The third-order valence-electron chi connectivity index (χ3n) is 3.09. The molecular weight excluding hydrogens is 256 g/mol. The second-order valence-electron chi connectivity index (χ2n) is 6.33. The Morgan fingerprint density at radius 3 is 1.95 bits per heavy atom. The Kier molecular flexibility index (Phi) is 9.26. The van der Waals surface area contributed by atoms with E-state index in [2.05, 4.69) is 6.92 Å². The smallest absolute Gasteiger partial charge is 0.320 e. The van der Waals surface area contributed by atoms with Gasteiger partial charge in [0, 0.05) is 0 Å². The molecule has 118 valence electrons. The van der Waals surface area contributed by atoms with Gasteiger partial charge in [-0.1, -0.05) is 51.9 Å². The number of carbonyl (C=O) groups is 2. The summed E-state index contributed by atoms with van der Waals surface area (Å²) in [6.07, 6.45) is 8.15. The van der Waals surface area contributed by atoms with Crippen LogP contribution in [-0.4, -0.2) is 22.6 Å². The Morgan fingerprint density at radius 1 is 1.00 bits per heavy atom. The number of hydrogen-bond acceptors (Lipinski definition) is 3. The van der Waals surface area contributed by atoms with Crippen LogP contribution >= 0.6 is 0 Å². The first-order chi connectivity index (χ1) is 9.28. The first kappa shape index (κ1) is 18.9. The van der Waals surface area contributed by atoms with Crippen LogP contribution in [0.25, 0.3) is 0 Å². The number of carboxylic acid groups (broad SMARTS) is 1. The molecule has 4 nitrogen and oxygen atoms in total. The van der Waals surface area contributed by atoms with E-state index in [9.17, 15) is 9.59 Å². The fraction of sp³-hybridized carbons (Fsp3) is 0.875. The fourth-order valence-electron chi connectivity index (χ4n) is 2.02. The lowest BCUT2D eigenvalue weighted by molar-refractivity contribution is -0.167. The Labute approximate surface area is 122 Å². The average molecular weight is 286 g/mol. The summed E-state index contributed by atoms with van der Waals surface area (Å²) in [7, 11) is 0. The number of rotatable bonds is 10. The van der Waals surface area contributed by atoms with Gasteiger partial charge in [0.2, 0.25) is 0 Å². The molecule has 1 unspecified atom stereocenters. The highest BCUT2D eigenvalue weighted by Crippen LogP contribution is 2.18. The lowest BCUT2D eigenvalue weighted by Gasteiger charge is -2.22. The van der Waals surface area contributed by atoms with Crippen LogP contribution < -0.4 is 0 Å². The Morgan fingerprint density at radius 2 is 1.50 bits per heavy atom. The summed E-state index contributed by atoms with van der Waals surface area (Å²) in [5.41, 5.74) is -0.634. The zero-order valence-electron chi connectivity index (χ0n) is 13.4. The summed E-state index contributed by atoms with van der Waals surface area (Å²) in [4.78, 5) is 22.9. The molecule has 0 bridgehead atoms. The van der Waals surface area contributed by atoms with Crippen LogP contribution in [0.1, 0.15) is 79.1 Å². The summed E-state index contributed by atoms with van der Waals surface area (Å²) in [6.45, 7) is 7.42. The highest BCUT2D eigenvalue weighted by molar-refractivity contribution is 5.94. The van der Waals surface area contributed by atoms with Crippen LogP contribution in [0, 0.1) is 5.92 Å². The van der Waals surface area contributed by atoms with E-state index in [4.69, 9.17) is 9.84 Å². The molecule has 0 aliphatic heterocycles. The standard InChI is InChI=1S/C16H30O4/c1-5-6-7-8-9-10-11-12-13(14(17)18)15(19)20-16(2,3)4/h13H,5-12H2,1-4H3,(H,17,18). The van der Waals surface area contributed by atoms with Gasteiger partial charge in [-0.2, -0.15) is 0 Å². The van der Waals surface area contributed by atoms with E-state index >= 15 is 0 Å². The average Bonchev–Trinajstić information content (AvgIpc) is 2.29. The van der Waals surface area contributed by atoms with Crippen molar-refractivity contribution in [1.82, 2.24) is 0 Å². The number of carboxylic acids is 1. The van der Waals surface area contributed by atoms with Crippen molar-refractivity contribution in [3.05, 3.63) is 0 Å². The first-order valence-corrected chi connectivity index (χ1v) is 7.73. The van der Waals surface area contributed by atoms with Gasteiger partial charge in [0.05, 0.1) is 0 Å². The molecule has 0 heterocycles. The second kappa shape index (κ2) is 9.78. The molecule has 0 fully saturated rings. The Balaban J connectivity index is 3.98. The maximum atomic E-state index is 11.8. The molecule has 0 radical (unpaired) electrons. The highest BCUT2D eigenvalue weighted by Gasteiger charge is 2.30. The van der Waals surface area contributed by atoms with Crippen molar-refractivity contribution in [3.63, 3.8) is 0 Å². The van der Waals surface area contributed by atoms with Crippen molar-refractivity contribution >= 4 is 11.9 Å². The summed E-state index contributed by atoms with van der Waals surface area (Å²) in [6, 6.07) is 0. The number of hydrogen-bond donors (Lipinski definition) is 1. The zero-order valence-corrected chi connectivity index (χ0v) is 13.4. The third-order valence-corrected chi connectivity index (χ3v) is 3.09. The molecule has 1 N–H and O–H groups in total. The summed E-state index contributed by atoms with van der Waals surface area (Å²) in [5, 5.41) is 9.11. The number of esters is 1. The van der Waals surface area contributed by atoms with Gasteiger partial charge in [-0.25, -0.2) is 0 Å². The maximum Gasteiger partial charge on any atom is 0.320 e. The van der Waals surface area contributed by atoms with Crippen molar-refractivity contribution in [2.45, 2.75) is 84.7 Å². The van der Waals surface area contributed by atoms with Gasteiger partial charge in [-0.05, 0) is 27.2 Å². The van der Waals surface area contributed by atoms with Crippen LogP contribution in [0.5, 0.6) is 0 Å². The summed E-state index contributed by atoms with van der Waals surface area (Å²) < 4.78 is 5.15. The molecule has 0 rings (SSSR count). The molecule has 0 saturated heterocycles. The molecule has 0 aromatic carbocycles. The van der Waals surface area contributed by atoms with E-state index in [1.165, 1.54) is 25.7 Å². The van der Waals surface area contributed by atoms with Crippen molar-refractivity contribution in [3.8, 4) is 0 Å². The van der Waals surface area contributed by atoms with Crippen molar-refractivity contribution < 1.29 is 19.4 Å². The van der Waals surface area contributed by atoms with Gasteiger partial charge in [0.25, 0.3) is 0 Å². The molecule has 0 aromatic heterocycles. The van der Waals surface area contributed by atoms with Crippen molar-refractivity contribution in [1.29, 1.82) is 0 Å². The second-order valence-corrected chi connectivity index (χ2v) is 6.33. The van der Waals surface area contributed by atoms with Crippen molar-refractivity contribution in [2.75, 3.05) is 0 Å². The van der Waals surface area contributed by atoms with E-state index in [1.807, 2.05) is 0 Å². The van der Waals surface area contributed by atoms with Gasteiger partial charge in [-0.15, -0.1) is 0 Å². The van der Waals surface area contributed by atoms with Crippen LogP contribution in [0.15, 0.2) is 0 Å². The van der Waals surface area contributed by atoms with Crippen molar-refractivity contribution in [2.24, 2.45) is 5.92 Å². The van der Waals surface area contributed by atoms with Crippen LogP contribution in [0.4, 0.5) is 0 Å². The van der Waals surface area contributed by atoms with Crippen LogP contribution in [0.3, 0.4) is 0 Å². The highest BCUT2D eigenvalue weighted by atomic mass is 16.6. The first-order valence-electron chi connectivity index (χ1n) is 7.73. The monoisotopic (exact) mass is 286 g/mol. The number of aliphatic carboxylic acids is 1. The topological polar surface area (TPSA) is 63.6 Å². The van der Waals surface area contributed by atoms with E-state index in [0.717, 1.165) is 19.3 Å². The van der Waals surface area contributed by atoms with E-state index in [0.29, 0.717) is 6.42 Å². The van der Waals surface area contributed by atoms with Crippen LogP contribution in [-0.2, 0) is 14.3 Å². The van der Waals surface area contributed by atoms with Gasteiger partial charge in [0.1, 0.15) is 5.60 Å². The van der Waals surface area contributed by atoms with Crippen LogP contribution in [0.2, 0.25) is 0 Å². The van der Waals surface area contributed by atoms with Gasteiger partial charge in [-0.3, -0.25) is 9.59 Å². The summed E-state index contributed by atoms with van der Waals surface area (Å²) in [5.74, 6) is -2.72. The lowest BCUT2D eigenvalue weighted by atomic mass is 10.00. The summed E-state index contributed by atoms with van der Waals surface area (Å²) >= 11 is 0. The molecular formula is C16H30O4. The quantitative estimate of drug-likeness (QED) is 0.372. The molecule has 0 spiro atoms.